The van der Waals surface area contributed by atoms with Crippen molar-refractivity contribution in [3.63, 3.8) is 0 Å². The van der Waals surface area contributed by atoms with Crippen LogP contribution in [0.5, 0.6) is 0 Å². The number of nitrogens with one attached hydrogen (secondary N) is 1. The van der Waals surface area contributed by atoms with E-state index in [0.29, 0.717) is 6.04 Å². The highest BCUT2D eigenvalue weighted by Crippen LogP contribution is 2.27. The normalized spacial score (nSPS) is 15.2. The third-order valence-corrected chi connectivity index (χ3v) is 3.48. The first kappa shape index (κ1) is 12.6. The molecule has 2 unspecified atom stereocenters. The maximum Gasteiger partial charge on any atom is 0.122 e. The van der Waals surface area contributed by atoms with Gasteiger partial charge < -0.3 is 10.1 Å². The Bertz CT molecular complexity index is 288. The molecule has 0 radical (unpaired) electrons. The predicted molar refractivity (Wildman–Crippen MR) is 64.2 cm³/mol. The number of aromatic nitrogens is 1. The van der Waals surface area contributed by atoms with E-state index in [4.69, 9.17) is 4.74 Å². The molecule has 0 aliphatic carbocycles. The number of methoxy groups -OCH3 is 1. The van der Waals surface area contributed by atoms with Gasteiger partial charge in [0.15, 0.2) is 0 Å². The molecular weight excluding hydrogens is 208 g/mol. The van der Waals surface area contributed by atoms with Gasteiger partial charge in [0.25, 0.3) is 0 Å². The van der Waals surface area contributed by atoms with Crippen LogP contribution in [-0.2, 0) is 4.74 Å². The lowest BCUT2D eigenvalue weighted by molar-refractivity contribution is 0.0946. The Labute approximate surface area is 95.9 Å². The summed E-state index contributed by atoms with van der Waals surface area (Å²) in [7, 11) is 3.70. The van der Waals surface area contributed by atoms with Gasteiger partial charge in [-0.2, -0.15) is 0 Å². The Kier molecular flexibility index (Phi) is 5.22. The van der Waals surface area contributed by atoms with E-state index in [-0.39, 0.29) is 6.10 Å². The molecule has 2 atom stereocenters. The fourth-order valence-electron chi connectivity index (χ4n) is 1.40. The molecule has 0 amide bonds. The summed E-state index contributed by atoms with van der Waals surface area (Å²) in [4.78, 5) is 4.60. The molecule has 1 aromatic heterocycles. The molecule has 1 heterocycles. The summed E-state index contributed by atoms with van der Waals surface area (Å²) in [6, 6.07) is 0.314. The van der Waals surface area contributed by atoms with E-state index in [9.17, 15) is 0 Å². The maximum atomic E-state index is 5.43. The van der Waals surface area contributed by atoms with Crippen molar-refractivity contribution in [2.24, 2.45) is 0 Å². The molecule has 0 aromatic carbocycles. The van der Waals surface area contributed by atoms with Crippen molar-refractivity contribution in [2.75, 3.05) is 14.2 Å². The Morgan fingerprint density at radius 3 is 2.87 bits per heavy atom. The summed E-state index contributed by atoms with van der Waals surface area (Å²) >= 11 is 1.69. The molecule has 3 nitrogen and oxygen atoms in total. The zero-order valence-electron chi connectivity index (χ0n) is 9.91. The minimum atomic E-state index is 0.165. The van der Waals surface area contributed by atoms with Gasteiger partial charge in [0.1, 0.15) is 11.1 Å². The maximum absolute atomic E-state index is 5.43. The predicted octanol–water partition coefficient (Wildman–Crippen LogP) is 2.91. The average Bonchev–Trinajstić information content (AvgIpc) is 2.73. The largest absolute Gasteiger partial charge is 0.374 e. The first-order valence-electron chi connectivity index (χ1n) is 5.38. The second kappa shape index (κ2) is 6.20. The van der Waals surface area contributed by atoms with E-state index in [1.807, 2.05) is 7.05 Å². The lowest BCUT2D eigenvalue weighted by Gasteiger charge is -2.11. The van der Waals surface area contributed by atoms with E-state index in [0.717, 1.165) is 23.5 Å². The van der Waals surface area contributed by atoms with Crippen LogP contribution in [0.15, 0.2) is 5.38 Å². The molecule has 1 N–H and O–H groups in total. The standard InChI is InChI=1S/C11H20N2OS/c1-5-6-10(14-4)11-13-9(7-15-11)8(2)12-3/h7-8,10,12H,5-6H2,1-4H3. The van der Waals surface area contributed by atoms with Gasteiger partial charge >= 0.3 is 0 Å². The van der Waals surface area contributed by atoms with Crippen LogP contribution in [0.25, 0.3) is 0 Å². The fourth-order valence-corrected chi connectivity index (χ4v) is 2.42. The van der Waals surface area contributed by atoms with Crippen molar-refractivity contribution in [3.05, 3.63) is 16.1 Å². The Hall–Kier alpha value is -0.450. The second-order valence-electron chi connectivity index (χ2n) is 3.63. The highest BCUT2D eigenvalue weighted by Gasteiger charge is 2.15. The van der Waals surface area contributed by atoms with Crippen LogP contribution < -0.4 is 5.32 Å². The summed E-state index contributed by atoms with van der Waals surface area (Å²) in [5.41, 5.74) is 1.11. The smallest absolute Gasteiger partial charge is 0.122 e. The number of ether oxygens (including phenoxy) is 1. The van der Waals surface area contributed by atoms with Gasteiger partial charge in [-0.25, -0.2) is 4.98 Å². The van der Waals surface area contributed by atoms with Crippen LogP contribution in [0.1, 0.15) is 49.5 Å². The number of nitrogens with zero attached hydrogens (tertiary/aromatic N) is 1. The van der Waals surface area contributed by atoms with E-state index in [1.54, 1.807) is 18.4 Å². The van der Waals surface area contributed by atoms with Crippen LogP contribution in [0.3, 0.4) is 0 Å². The number of rotatable bonds is 6. The minimum Gasteiger partial charge on any atom is -0.374 e. The summed E-state index contributed by atoms with van der Waals surface area (Å²) in [6.45, 7) is 4.28. The summed E-state index contributed by atoms with van der Waals surface area (Å²) in [6.07, 6.45) is 2.32. The molecule has 0 aliphatic rings. The first-order valence-corrected chi connectivity index (χ1v) is 6.26. The van der Waals surface area contributed by atoms with Crippen molar-refractivity contribution in [1.82, 2.24) is 10.3 Å². The van der Waals surface area contributed by atoms with Crippen LogP contribution >= 0.6 is 11.3 Å². The van der Waals surface area contributed by atoms with Gasteiger partial charge in [0, 0.05) is 18.5 Å². The molecule has 0 fully saturated rings. The van der Waals surface area contributed by atoms with Gasteiger partial charge in [0.2, 0.25) is 0 Å². The van der Waals surface area contributed by atoms with E-state index in [1.165, 1.54) is 0 Å². The summed E-state index contributed by atoms with van der Waals surface area (Å²) in [5.74, 6) is 0. The van der Waals surface area contributed by atoms with Gasteiger partial charge in [-0.15, -0.1) is 11.3 Å². The third-order valence-electron chi connectivity index (χ3n) is 2.53. The molecular formula is C11H20N2OS. The van der Waals surface area contributed by atoms with E-state index >= 15 is 0 Å². The van der Waals surface area contributed by atoms with Crippen molar-refractivity contribution in [2.45, 2.75) is 38.8 Å². The summed E-state index contributed by atoms with van der Waals surface area (Å²) in [5, 5.41) is 6.39. The van der Waals surface area contributed by atoms with Crippen molar-refractivity contribution in [3.8, 4) is 0 Å². The highest BCUT2D eigenvalue weighted by atomic mass is 32.1. The SMILES string of the molecule is CCCC(OC)c1nc(C(C)NC)cs1. The summed E-state index contributed by atoms with van der Waals surface area (Å²) < 4.78 is 5.43. The zero-order chi connectivity index (χ0) is 11.3. The molecule has 0 saturated carbocycles. The van der Waals surface area contributed by atoms with Gasteiger partial charge in [0.05, 0.1) is 5.69 Å². The zero-order valence-corrected chi connectivity index (χ0v) is 10.7. The number of thiazole rings is 1. The molecule has 86 valence electrons. The average molecular weight is 228 g/mol. The lowest BCUT2D eigenvalue weighted by Crippen LogP contribution is -2.13. The highest BCUT2D eigenvalue weighted by molar-refractivity contribution is 7.09. The Morgan fingerprint density at radius 2 is 2.33 bits per heavy atom. The number of hydrogen-bond donors (Lipinski definition) is 1. The minimum absolute atomic E-state index is 0.165. The van der Waals surface area contributed by atoms with E-state index < -0.39 is 0 Å². The molecule has 1 rings (SSSR count). The van der Waals surface area contributed by atoms with Crippen molar-refractivity contribution < 1.29 is 4.74 Å². The van der Waals surface area contributed by atoms with Crippen molar-refractivity contribution in [1.29, 1.82) is 0 Å². The quantitative estimate of drug-likeness (QED) is 0.813. The molecule has 0 aliphatic heterocycles. The molecule has 4 heteroatoms. The fraction of sp³-hybridized carbons (Fsp3) is 0.727. The Balaban J connectivity index is 2.72. The molecule has 0 bridgehead atoms. The van der Waals surface area contributed by atoms with Gasteiger partial charge in [-0.05, 0) is 20.4 Å². The monoisotopic (exact) mass is 228 g/mol. The molecule has 0 spiro atoms. The van der Waals surface area contributed by atoms with Crippen LogP contribution in [0.2, 0.25) is 0 Å². The van der Waals surface area contributed by atoms with Crippen LogP contribution in [0.4, 0.5) is 0 Å². The third kappa shape index (κ3) is 3.26. The second-order valence-corrected chi connectivity index (χ2v) is 4.52. The Morgan fingerprint density at radius 1 is 1.60 bits per heavy atom. The molecule has 1 aromatic rings. The number of hydrogen-bond acceptors (Lipinski definition) is 4. The lowest BCUT2D eigenvalue weighted by atomic mass is 10.2. The van der Waals surface area contributed by atoms with E-state index in [2.05, 4.69) is 29.5 Å². The van der Waals surface area contributed by atoms with Gasteiger partial charge in [-0.3, -0.25) is 0 Å². The van der Waals surface area contributed by atoms with Gasteiger partial charge in [-0.1, -0.05) is 13.3 Å². The first-order chi connectivity index (χ1) is 7.22. The van der Waals surface area contributed by atoms with Crippen molar-refractivity contribution >= 4 is 11.3 Å². The topological polar surface area (TPSA) is 34.1 Å². The van der Waals surface area contributed by atoms with Crippen LogP contribution in [0, 0.1) is 0 Å². The van der Waals surface area contributed by atoms with Crippen LogP contribution in [-0.4, -0.2) is 19.1 Å². The molecule has 0 saturated heterocycles. The molecule has 15 heavy (non-hydrogen) atoms.